The van der Waals surface area contributed by atoms with Crippen LogP contribution in [0.1, 0.15) is 18.1 Å². The van der Waals surface area contributed by atoms with Crippen LogP contribution in [0.3, 0.4) is 0 Å². The first-order chi connectivity index (χ1) is 11.8. The van der Waals surface area contributed by atoms with Crippen LogP contribution in [0.25, 0.3) is 0 Å². The van der Waals surface area contributed by atoms with E-state index < -0.39 is 0 Å². The van der Waals surface area contributed by atoms with Crippen LogP contribution < -0.4 is 10.6 Å². The van der Waals surface area contributed by atoms with E-state index in [-0.39, 0.29) is 22.8 Å². The van der Waals surface area contributed by atoms with Crippen LogP contribution >= 0.6 is 27.7 Å². The number of carbonyl (C=O) groups is 2. The van der Waals surface area contributed by atoms with Crippen molar-refractivity contribution in [3.8, 4) is 0 Å². The van der Waals surface area contributed by atoms with Gasteiger partial charge in [0.05, 0.1) is 11.0 Å². The lowest BCUT2D eigenvalue weighted by Gasteiger charge is -2.13. The second-order valence-corrected chi connectivity index (χ2v) is 8.00. The summed E-state index contributed by atoms with van der Waals surface area (Å²) in [7, 11) is 0. The molecular weight excluding hydrogens is 400 g/mol. The maximum atomic E-state index is 12.2. The number of hydrogen-bond acceptors (Lipinski definition) is 3. The molecule has 1 atom stereocenters. The molecule has 4 nitrogen and oxygen atoms in total. The number of amides is 2. The molecule has 2 rings (SSSR count). The van der Waals surface area contributed by atoms with Gasteiger partial charge in [0, 0.05) is 15.8 Å². The van der Waals surface area contributed by atoms with Gasteiger partial charge in [0.1, 0.15) is 0 Å². The Morgan fingerprint density at radius 3 is 2.32 bits per heavy atom. The highest BCUT2D eigenvalue weighted by Gasteiger charge is 2.16. The van der Waals surface area contributed by atoms with Gasteiger partial charge in [-0.2, -0.15) is 0 Å². The molecule has 2 N–H and O–H groups in total. The van der Waals surface area contributed by atoms with Crippen molar-refractivity contribution in [3.05, 3.63) is 58.1 Å². The Morgan fingerprint density at radius 1 is 1.04 bits per heavy atom. The molecule has 2 amide bonds. The van der Waals surface area contributed by atoms with E-state index in [9.17, 15) is 9.59 Å². The van der Waals surface area contributed by atoms with E-state index in [0.717, 1.165) is 27.0 Å². The summed E-state index contributed by atoms with van der Waals surface area (Å²) in [6.45, 7) is 5.78. The second-order valence-electron chi connectivity index (χ2n) is 5.82. The Bertz CT molecular complexity index is 763. The van der Waals surface area contributed by atoms with Crippen LogP contribution in [-0.2, 0) is 9.59 Å². The molecule has 0 saturated heterocycles. The summed E-state index contributed by atoms with van der Waals surface area (Å²) in [5, 5.41) is 5.37. The summed E-state index contributed by atoms with van der Waals surface area (Å²) in [6.07, 6.45) is 0. The standard InChI is InChI=1S/C19H21BrN2O2S/c1-12-4-7-15(8-5-12)21-18(23)11-25-14(3)19(24)22-16-9-6-13(2)17(20)10-16/h4-10,14H,11H2,1-3H3,(H,21,23)(H,22,24). The van der Waals surface area contributed by atoms with E-state index in [4.69, 9.17) is 0 Å². The van der Waals surface area contributed by atoms with Crippen LogP contribution in [0.4, 0.5) is 11.4 Å². The van der Waals surface area contributed by atoms with Gasteiger partial charge in [0.25, 0.3) is 0 Å². The van der Waals surface area contributed by atoms with E-state index in [1.54, 1.807) is 6.92 Å². The molecular formula is C19H21BrN2O2S. The van der Waals surface area contributed by atoms with Crippen molar-refractivity contribution in [1.82, 2.24) is 0 Å². The van der Waals surface area contributed by atoms with Gasteiger partial charge in [-0.1, -0.05) is 39.7 Å². The number of anilines is 2. The molecule has 0 aliphatic carbocycles. The van der Waals surface area contributed by atoms with Gasteiger partial charge < -0.3 is 10.6 Å². The summed E-state index contributed by atoms with van der Waals surface area (Å²) >= 11 is 4.76. The van der Waals surface area contributed by atoms with E-state index in [1.165, 1.54) is 11.8 Å². The highest BCUT2D eigenvalue weighted by molar-refractivity contribution is 9.10. The first kappa shape index (κ1) is 19.5. The topological polar surface area (TPSA) is 58.2 Å². The lowest BCUT2D eigenvalue weighted by atomic mass is 10.2. The average Bonchev–Trinajstić information content (AvgIpc) is 2.58. The third-order valence-corrected chi connectivity index (χ3v) is 5.61. The summed E-state index contributed by atoms with van der Waals surface area (Å²) in [5.41, 5.74) is 3.74. The summed E-state index contributed by atoms with van der Waals surface area (Å²) < 4.78 is 0.947. The maximum Gasteiger partial charge on any atom is 0.237 e. The molecule has 0 aliphatic heterocycles. The van der Waals surface area contributed by atoms with Crippen molar-refractivity contribution >= 4 is 50.9 Å². The fraction of sp³-hybridized carbons (Fsp3) is 0.263. The number of carbonyl (C=O) groups excluding carboxylic acids is 2. The highest BCUT2D eigenvalue weighted by Crippen LogP contribution is 2.22. The van der Waals surface area contributed by atoms with Crippen LogP contribution in [0, 0.1) is 13.8 Å². The zero-order valence-electron chi connectivity index (χ0n) is 14.4. The van der Waals surface area contributed by atoms with Crippen molar-refractivity contribution in [2.75, 3.05) is 16.4 Å². The Labute approximate surface area is 160 Å². The van der Waals surface area contributed by atoms with Gasteiger partial charge in [-0.15, -0.1) is 11.8 Å². The van der Waals surface area contributed by atoms with Gasteiger partial charge in [-0.05, 0) is 50.6 Å². The number of rotatable bonds is 6. The zero-order chi connectivity index (χ0) is 18.4. The maximum absolute atomic E-state index is 12.2. The Balaban J connectivity index is 1.81. The summed E-state index contributed by atoms with van der Waals surface area (Å²) in [6, 6.07) is 13.3. The van der Waals surface area contributed by atoms with E-state index in [2.05, 4.69) is 26.6 Å². The molecule has 25 heavy (non-hydrogen) atoms. The molecule has 0 radical (unpaired) electrons. The number of hydrogen-bond donors (Lipinski definition) is 2. The molecule has 0 saturated carbocycles. The molecule has 2 aromatic carbocycles. The predicted molar refractivity (Wildman–Crippen MR) is 109 cm³/mol. The Morgan fingerprint density at radius 2 is 1.68 bits per heavy atom. The molecule has 0 heterocycles. The van der Waals surface area contributed by atoms with Gasteiger partial charge >= 0.3 is 0 Å². The average molecular weight is 421 g/mol. The van der Waals surface area contributed by atoms with Crippen molar-refractivity contribution in [3.63, 3.8) is 0 Å². The third-order valence-electron chi connectivity index (χ3n) is 3.61. The van der Waals surface area contributed by atoms with Gasteiger partial charge in [0.15, 0.2) is 0 Å². The lowest BCUT2D eigenvalue weighted by molar-refractivity contribution is -0.115. The molecule has 132 valence electrons. The van der Waals surface area contributed by atoms with Crippen molar-refractivity contribution in [2.45, 2.75) is 26.0 Å². The first-order valence-electron chi connectivity index (χ1n) is 7.90. The second kappa shape index (κ2) is 9.06. The minimum Gasteiger partial charge on any atom is -0.325 e. The molecule has 2 aromatic rings. The van der Waals surface area contributed by atoms with Crippen molar-refractivity contribution < 1.29 is 9.59 Å². The molecule has 0 spiro atoms. The minimum absolute atomic E-state index is 0.119. The third kappa shape index (κ3) is 6.21. The van der Waals surface area contributed by atoms with Crippen LogP contribution in [0.15, 0.2) is 46.9 Å². The lowest BCUT2D eigenvalue weighted by Crippen LogP contribution is -2.25. The largest absolute Gasteiger partial charge is 0.325 e. The normalized spacial score (nSPS) is 11.7. The molecule has 0 aromatic heterocycles. The van der Waals surface area contributed by atoms with Crippen LogP contribution in [0.2, 0.25) is 0 Å². The first-order valence-corrected chi connectivity index (χ1v) is 9.74. The number of aryl methyl sites for hydroxylation is 2. The fourth-order valence-corrected chi connectivity index (χ4v) is 3.09. The van der Waals surface area contributed by atoms with Crippen molar-refractivity contribution in [1.29, 1.82) is 0 Å². The quantitative estimate of drug-likeness (QED) is 0.707. The molecule has 0 fully saturated rings. The molecule has 0 bridgehead atoms. The van der Waals surface area contributed by atoms with Gasteiger partial charge in [-0.3, -0.25) is 9.59 Å². The SMILES string of the molecule is Cc1ccc(NC(=O)CSC(C)C(=O)Nc2ccc(C)c(Br)c2)cc1. The monoisotopic (exact) mass is 420 g/mol. The summed E-state index contributed by atoms with van der Waals surface area (Å²) in [5.74, 6) is -0.0180. The number of benzene rings is 2. The Kier molecular flexibility index (Phi) is 7.08. The Hall–Kier alpha value is -1.79. The van der Waals surface area contributed by atoms with Crippen LogP contribution in [0.5, 0.6) is 0 Å². The highest BCUT2D eigenvalue weighted by atomic mass is 79.9. The minimum atomic E-state index is -0.330. The van der Waals surface area contributed by atoms with E-state index in [1.807, 2.05) is 56.3 Å². The molecule has 0 aliphatic rings. The van der Waals surface area contributed by atoms with Gasteiger partial charge in [0.2, 0.25) is 11.8 Å². The number of thioether (sulfide) groups is 1. The van der Waals surface area contributed by atoms with Crippen molar-refractivity contribution in [2.24, 2.45) is 0 Å². The van der Waals surface area contributed by atoms with Gasteiger partial charge in [-0.25, -0.2) is 0 Å². The van der Waals surface area contributed by atoms with E-state index in [0.29, 0.717) is 0 Å². The zero-order valence-corrected chi connectivity index (χ0v) is 16.8. The van der Waals surface area contributed by atoms with Crippen LogP contribution in [-0.4, -0.2) is 22.8 Å². The summed E-state index contributed by atoms with van der Waals surface area (Å²) in [4.78, 5) is 24.2. The number of nitrogens with one attached hydrogen (secondary N) is 2. The number of halogens is 1. The molecule has 6 heteroatoms. The predicted octanol–water partition coefficient (Wildman–Crippen LogP) is 4.76. The van der Waals surface area contributed by atoms with E-state index >= 15 is 0 Å². The smallest absolute Gasteiger partial charge is 0.237 e. The molecule has 1 unspecified atom stereocenters. The fourth-order valence-electron chi connectivity index (χ4n) is 2.02.